The summed E-state index contributed by atoms with van der Waals surface area (Å²) in [6, 6.07) is 6.56. The van der Waals surface area contributed by atoms with Crippen LogP contribution in [0.25, 0.3) is 6.08 Å². The summed E-state index contributed by atoms with van der Waals surface area (Å²) in [6.45, 7) is 0. The van der Waals surface area contributed by atoms with Crippen LogP contribution in [0.15, 0.2) is 41.8 Å². The minimum atomic E-state index is -3.42. The summed E-state index contributed by atoms with van der Waals surface area (Å²) in [4.78, 5) is 10.8. The normalized spacial score (nSPS) is 18.0. The van der Waals surface area contributed by atoms with Gasteiger partial charge in [-0.1, -0.05) is 18.2 Å². The average molecular weight is 326 g/mol. The Morgan fingerprint density at radius 3 is 2.62 bits per heavy atom. The first-order valence-corrected chi connectivity index (χ1v) is 8.54. The fourth-order valence-corrected chi connectivity index (χ4v) is 4.17. The second-order valence-corrected chi connectivity index (χ2v) is 7.53. The van der Waals surface area contributed by atoms with Gasteiger partial charge >= 0.3 is 0 Å². The topological polar surface area (TPSA) is 95.5 Å². The van der Waals surface area contributed by atoms with Gasteiger partial charge in [0.1, 0.15) is 4.58 Å². The Labute approximate surface area is 126 Å². The Bertz CT molecular complexity index is 658. The molecule has 1 amide bonds. The minimum absolute atomic E-state index is 0.464. The van der Waals surface area contributed by atoms with Gasteiger partial charge < -0.3 is 0 Å². The molecule has 0 saturated carbocycles. The maximum atomic E-state index is 12.1. The number of thioether (sulfide) groups is 1. The van der Waals surface area contributed by atoms with Crippen LogP contribution in [0.1, 0.15) is 12.0 Å². The van der Waals surface area contributed by atoms with Gasteiger partial charge in [-0.25, -0.2) is 13.9 Å². The van der Waals surface area contributed by atoms with Gasteiger partial charge in [-0.2, -0.15) is 0 Å². The number of hydroxylamine groups is 1. The highest BCUT2D eigenvalue weighted by Gasteiger charge is 2.26. The van der Waals surface area contributed by atoms with Crippen LogP contribution in [-0.4, -0.2) is 24.1 Å². The van der Waals surface area contributed by atoms with E-state index in [2.05, 4.69) is 4.72 Å². The van der Waals surface area contributed by atoms with E-state index < -0.39 is 20.5 Å². The van der Waals surface area contributed by atoms with E-state index in [0.29, 0.717) is 17.7 Å². The lowest BCUT2D eigenvalue weighted by Gasteiger charge is -2.12. The third-order valence-corrected chi connectivity index (χ3v) is 6.05. The van der Waals surface area contributed by atoms with Gasteiger partial charge in [0.25, 0.3) is 5.91 Å². The summed E-state index contributed by atoms with van der Waals surface area (Å²) in [6.07, 6.45) is 4.99. The number of anilines is 1. The highest BCUT2D eigenvalue weighted by Crippen LogP contribution is 2.29. The van der Waals surface area contributed by atoms with Crippen molar-refractivity contribution in [1.82, 2.24) is 5.48 Å². The quantitative estimate of drug-likeness (QED) is 0.436. The predicted octanol–water partition coefficient (Wildman–Crippen LogP) is 1.92. The molecule has 0 aromatic heterocycles. The molecule has 21 heavy (non-hydrogen) atoms. The van der Waals surface area contributed by atoms with Crippen LogP contribution in [-0.2, 0) is 14.8 Å². The van der Waals surface area contributed by atoms with Crippen molar-refractivity contribution in [2.75, 3.05) is 4.72 Å². The van der Waals surface area contributed by atoms with Gasteiger partial charge in [0.2, 0.25) is 10.0 Å². The third-order valence-electron chi connectivity index (χ3n) is 2.71. The molecule has 0 fully saturated rings. The molecule has 1 aromatic carbocycles. The van der Waals surface area contributed by atoms with Crippen molar-refractivity contribution >= 4 is 39.5 Å². The van der Waals surface area contributed by atoms with Gasteiger partial charge in [-0.3, -0.25) is 14.7 Å². The summed E-state index contributed by atoms with van der Waals surface area (Å²) >= 11 is 1.28. The highest BCUT2D eigenvalue weighted by molar-refractivity contribution is 8.15. The van der Waals surface area contributed by atoms with Crippen LogP contribution >= 0.6 is 11.8 Å². The fourth-order valence-electron chi connectivity index (χ4n) is 1.67. The van der Waals surface area contributed by atoms with E-state index in [9.17, 15) is 13.2 Å². The Morgan fingerprint density at radius 1 is 1.33 bits per heavy atom. The standard InChI is InChI=1S/C13H14N2O4S2/c16-12(14-17)8-5-10-3-6-11(7-4-10)15-21(18,19)13-2-1-9-20-13/h1,3-9,13,15,17H,2H2,(H,14,16)/b8-5+. The number of nitrogens with one attached hydrogen (secondary N) is 2. The van der Waals surface area contributed by atoms with E-state index in [1.165, 1.54) is 29.4 Å². The molecule has 6 nitrogen and oxygen atoms in total. The van der Waals surface area contributed by atoms with Gasteiger partial charge in [0, 0.05) is 11.8 Å². The maximum absolute atomic E-state index is 12.1. The highest BCUT2D eigenvalue weighted by atomic mass is 32.3. The average Bonchev–Trinajstić information content (AvgIpc) is 3.01. The number of amides is 1. The first-order valence-electron chi connectivity index (χ1n) is 6.05. The monoisotopic (exact) mass is 326 g/mol. The Hall–Kier alpha value is -1.77. The molecule has 0 radical (unpaired) electrons. The number of carbonyl (C=O) groups is 1. The van der Waals surface area contributed by atoms with Crippen molar-refractivity contribution in [3.8, 4) is 0 Å². The number of benzene rings is 1. The largest absolute Gasteiger partial charge is 0.288 e. The van der Waals surface area contributed by atoms with Crippen LogP contribution in [0.5, 0.6) is 0 Å². The van der Waals surface area contributed by atoms with Gasteiger partial charge in [-0.05, 0) is 35.6 Å². The van der Waals surface area contributed by atoms with Crippen molar-refractivity contribution in [1.29, 1.82) is 0 Å². The number of sulfonamides is 1. The smallest absolute Gasteiger partial charge is 0.267 e. The van der Waals surface area contributed by atoms with Crippen LogP contribution in [0.3, 0.4) is 0 Å². The summed E-state index contributed by atoms with van der Waals surface area (Å²) < 4.78 is 26.2. The zero-order valence-electron chi connectivity index (χ0n) is 10.9. The molecule has 1 aliphatic heterocycles. The summed E-state index contributed by atoms with van der Waals surface area (Å²) in [5.74, 6) is -0.634. The van der Waals surface area contributed by atoms with Crippen molar-refractivity contribution in [2.45, 2.75) is 11.0 Å². The molecule has 1 unspecified atom stereocenters. The number of carbonyl (C=O) groups excluding carboxylic acids is 1. The van der Waals surface area contributed by atoms with Crippen molar-refractivity contribution in [2.24, 2.45) is 0 Å². The predicted molar refractivity (Wildman–Crippen MR) is 83.1 cm³/mol. The van der Waals surface area contributed by atoms with E-state index in [1.54, 1.807) is 29.7 Å². The van der Waals surface area contributed by atoms with Crippen LogP contribution in [0, 0.1) is 0 Å². The van der Waals surface area contributed by atoms with E-state index in [1.807, 2.05) is 6.08 Å². The zero-order valence-corrected chi connectivity index (χ0v) is 12.5. The molecule has 8 heteroatoms. The molecular weight excluding hydrogens is 312 g/mol. The van der Waals surface area contributed by atoms with Gasteiger partial charge in [0.05, 0.1) is 0 Å². The number of hydrogen-bond donors (Lipinski definition) is 3. The van der Waals surface area contributed by atoms with Crippen LogP contribution in [0.4, 0.5) is 5.69 Å². The molecule has 0 spiro atoms. The molecule has 1 heterocycles. The lowest BCUT2D eigenvalue weighted by Crippen LogP contribution is -2.23. The van der Waals surface area contributed by atoms with Gasteiger partial charge in [-0.15, -0.1) is 11.8 Å². The van der Waals surface area contributed by atoms with Crippen molar-refractivity contribution in [3.63, 3.8) is 0 Å². The van der Waals surface area contributed by atoms with E-state index >= 15 is 0 Å². The zero-order chi connectivity index (χ0) is 15.3. The summed E-state index contributed by atoms with van der Waals surface area (Å²) in [7, 11) is -3.42. The molecule has 1 atom stereocenters. The molecule has 0 bridgehead atoms. The first kappa shape index (κ1) is 15.6. The number of allylic oxidation sites excluding steroid dienone is 1. The van der Waals surface area contributed by atoms with Gasteiger partial charge in [0.15, 0.2) is 0 Å². The maximum Gasteiger partial charge on any atom is 0.267 e. The molecule has 3 N–H and O–H groups in total. The lowest BCUT2D eigenvalue weighted by molar-refractivity contribution is -0.124. The van der Waals surface area contributed by atoms with Crippen molar-refractivity contribution < 1.29 is 18.4 Å². The Kier molecular flexibility index (Phi) is 5.05. The molecule has 0 aliphatic carbocycles. The third kappa shape index (κ3) is 4.35. The van der Waals surface area contributed by atoms with E-state index in [0.717, 1.165) is 0 Å². The SMILES string of the molecule is O=C(/C=C/c1ccc(NS(=O)(=O)C2CC=CS2)cc1)NO. The van der Waals surface area contributed by atoms with E-state index in [-0.39, 0.29) is 0 Å². The molecule has 1 aromatic rings. The fraction of sp³-hybridized carbons (Fsp3) is 0.154. The Morgan fingerprint density at radius 2 is 2.05 bits per heavy atom. The molecule has 112 valence electrons. The second-order valence-electron chi connectivity index (χ2n) is 4.25. The van der Waals surface area contributed by atoms with Crippen molar-refractivity contribution in [3.05, 3.63) is 47.4 Å². The summed E-state index contributed by atoms with van der Waals surface area (Å²) in [5, 5.41) is 10.1. The second kappa shape index (κ2) is 6.79. The number of hydrogen-bond acceptors (Lipinski definition) is 5. The minimum Gasteiger partial charge on any atom is -0.288 e. The van der Waals surface area contributed by atoms with Crippen LogP contribution in [0.2, 0.25) is 0 Å². The molecule has 2 rings (SSSR count). The molecular formula is C13H14N2O4S2. The summed E-state index contributed by atoms with van der Waals surface area (Å²) in [5.41, 5.74) is 2.65. The first-order chi connectivity index (χ1) is 10.0. The van der Waals surface area contributed by atoms with E-state index in [4.69, 9.17) is 5.21 Å². The Balaban J connectivity index is 2.02. The number of rotatable bonds is 5. The van der Waals surface area contributed by atoms with Crippen LogP contribution < -0.4 is 10.2 Å². The molecule has 1 aliphatic rings. The lowest BCUT2D eigenvalue weighted by atomic mass is 10.2. The molecule has 0 saturated heterocycles.